The Bertz CT molecular complexity index is 261. The summed E-state index contributed by atoms with van der Waals surface area (Å²) in [6, 6.07) is 0. The maximum atomic E-state index is 4.41. The topological polar surface area (TPSA) is 17.8 Å². The molecule has 13 heavy (non-hydrogen) atoms. The molecule has 0 aliphatic heterocycles. The molecule has 2 nitrogen and oxygen atoms in total. The summed E-state index contributed by atoms with van der Waals surface area (Å²) in [5.41, 5.74) is 2.82. The van der Waals surface area contributed by atoms with E-state index in [1.54, 1.807) is 0 Å². The summed E-state index contributed by atoms with van der Waals surface area (Å²) in [6.45, 7) is 9.89. The molecule has 1 heterocycles. The SMILES string of the molecule is CCc1cnn(CC(C)C)c1CC. The Morgan fingerprint density at radius 1 is 1.31 bits per heavy atom. The number of aromatic nitrogens is 2. The van der Waals surface area contributed by atoms with Crippen molar-refractivity contribution in [3.05, 3.63) is 17.5 Å². The number of hydrogen-bond donors (Lipinski definition) is 0. The zero-order chi connectivity index (χ0) is 9.84. The molecule has 0 radical (unpaired) electrons. The van der Waals surface area contributed by atoms with E-state index in [4.69, 9.17) is 0 Å². The van der Waals surface area contributed by atoms with Crippen LogP contribution in [0.3, 0.4) is 0 Å². The predicted molar refractivity (Wildman–Crippen MR) is 55.8 cm³/mol. The first-order valence-corrected chi connectivity index (χ1v) is 5.22. The molecule has 0 saturated heterocycles. The van der Waals surface area contributed by atoms with Gasteiger partial charge in [-0.2, -0.15) is 5.10 Å². The summed E-state index contributed by atoms with van der Waals surface area (Å²) in [6.07, 6.45) is 4.21. The summed E-state index contributed by atoms with van der Waals surface area (Å²) in [5, 5.41) is 4.41. The second-order valence-electron chi connectivity index (χ2n) is 3.90. The van der Waals surface area contributed by atoms with Crippen molar-refractivity contribution in [3.63, 3.8) is 0 Å². The Morgan fingerprint density at radius 2 is 2.00 bits per heavy atom. The number of rotatable bonds is 4. The van der Waals surface area contributed by atoms with E-state index in [0.717, 1.165) is 19.4 Å². The van der Waals surface area contributed by atoms with Gasteiger partial charge in [0.25, 0.3) is 0 Å². The molecule has 0 aliphatic carbocycles. The van der Waals surface area contributed by atoms with Crippen molar-refractivity contribution < 1.29 is 0 Å². The Balaban J connectivity index is 2.87. The minimum Gasteiger partial charge on any atom is -0.269 e. The molecule has 1 aromatic heterocycles. The van der Waals surface area contributed by atoms with Gasteiger partial charge in [0, 0.05) is 12.2 Å². The van der Waals surface area contributed by atoms with E-state index in [-0.39, 0.29) is 0 Å². The summed E-state index contributed by atoms with van der Waals surface area (Å²) < 4.78 is 2.16. The van der Waals surface area contributed by atoms with Gasteiger partial charge < -0.3 is 0 Å². The molecule has 0 aromatic carbocycles. The van der Waals surface area contributed by atoms with Gasteiger partial charge in [-0.1, -0.05) is 27.7 Å². The van der Waals surface area contributed by atoms with Gasteiger partial charge in [-0.05, 0) is 24.3 Å². The number of nitrogens with zero attached hydrogens (tertiary/aromatic N) is 2. The first-order valence-electron chi connectivity index (χ1n) is 5.22. The lowest BCUT2D eigenvalue weighted by Gasteiger charge is -2.09. The quantitative estimate of drug-likeness (QED) is 0.696. The molecule has 74 valence electrons. The Labute approximate surface area is 81.0 Å². The van der Waals surface area contributed by atoms with E-state index in [1.165, 1.54) is 11.3 Å². The van der Waals surface area contributed by atoms with Crippen molar-refractivity contribution >= 4 is 0 Å². The van der Waals surface area contributed by atoms with Gasteiger partial charge in [0.05, 0.1) is 6.20 Å². The third kappa shape index (κ3) is 2.33. The van der Waals surface area contributed by atoms with Crippen molar-refractivity contribution in [1.82, 2.24) is 9.78 Å². The Morgan fingerprint density at radius 3 is 2.46 bits per heavy atom. The average Bonchev–Trinajstić information content (AvgIpc) is 2.45. The van der Waals surface area contributed by atoms with Crippen LogP contribution in [0, 0.1) is 5.92 Å². The Hall–Kier alpha value is -0.790. The zero-order valence-corrected chi connectivity index (χ0v) is 9.17. The van der Waals surface area contributed by atoms with Crippen LogP contribution in [-0.4, -0.2) is 9.78 Å². The van der Waals surface area contributed by atoms with Gasteiger partial charge in [0.15, 0.2) is 0 Å². The maximum absolute atomic E-state index is 4.41. The van der Waals surface area contributed by atoms with Crippen molar-refractivity contribution in [3.8, 4) is 0 Å². The van der Waals surface area contributed by atoms with E-state index in [2.05, 4.69) is 37.5 Å². The lowest BCUT2D eigenvalue weighted by Crippen LogP contribution is -2.09. The smallest absolute Gasteiger partial charge is 0.0524 e. The fourth-order valence-electron chi connectivity index (χ4n) is 1.66. The fourth-order valence-corrected chi connectivity index (χ4v) is 1.66. The van der Waals surface area contributed by atoms with Crippen LogP contribution in [0.1, 0.15) is 39.0 Å². The van der Waals surface area contributed by atoms with Crippen LogP contribution in [0.2, 0.25) is 0 Å². The van der Waals surface area contributed by atoms with Crippen LogP contribution in [0.4, 0.5) is 0 Å². The molecule has 0 fully saturated rings. The molecule has 0 atom stereocenters. The van der Waals surface area contributed by atoms with E-state index in [1.807, 2.05) is 6.20 Å². The highest BCUT2D eigenvalue weighted by Crippen LogP contribution is 2.11. The van der Waals surface area contributed by atoms with Gasteiger partial charge >= 0.3 is 0 Å². The largest absolute Gasteiger partial charge is 0.269 e. The van der Waals surface area contributed by atoms with Crippen LogP contribution in [-0.2, 0) is 19.4 Å². The first kappa shape index (κ1) is 10.3. The minimum absolute atomic E-state index is 0.676. The third-order valence-electron chi connectivity index (χ3n) is 2.29. The van der Waals surface area contributed by atoms with E-state index < -0.39 is 0 Å². The molecule has 0 N–H and O–H groups in total. The van der Waals surface area contributed by atoms with E-state index >= 15 is 0 Å². The van der Waals surface area contributed by atoms with Crippen LogP contribution in [0.25, 0.3) is 0 Å². The van der Waals surface area contributed by atoms with Crippen LogP contribution < -0.4 is 0 Å². The summed E-state index contributed by atoms with van der Waals surface area (Å²) in [5.74, 6) is 0.676. The van der Waals surface area contributed by atoms with Gasteiger partial charge in [0.1, 0.15) is 0 Å². The molecule has 0 amide bonds. The highest BCUT2D eigenvalue weighted by molar-refractivity contribution is 5.17. The molecule has 0 unspecified atom stereocenters. The lowest BCUT2D eigenvalue weighted by atomic mass is 10.1. The third-order valence-corrected chi connectivity index (χ3v) is 2.29. The fraction of sp³-hybridized carbons (Fsp3) is 0.727. The zero-order valence-electron chi connectivity index (χ0n) is 9.17. The van der Waals surface area contributed by atoms with Crippen molar-refractivity contribution in [2.24, 2.45) is 5.92 Å². The maximum Gasteiger partial charge on any atom is 0.0524 e. The van der Waals surface area contributed by atoms with Gasteiger partial charge in [0.2, 0.25) is 0 Å². The highest BCUT2D eigenvalue weighted by Gasteiger charge is 2.07. The normalized spacial score (nSPS) is 11.2. The van der Waals surface area contributed by atoms with Crippen molar-refractivity contribution in [2.45, 2.75) is 47.1 Å². The van der Waals surface area contributed by atoms with Crippen molar-refractivity contribution in [1.29, 1.82) is 0 Å². The molecular weight excluding hydrogens is 160 g/mol. The molecule has 0 bridgehead atoms. The molecular formula is C11H20N2. The predicted octanol–water partition coefficient (Wildman–Crippen LogP) is 2.66. The highest BCUT2D eigenvalue weighted by atomic mass is 15.3. The van der Waals surface area contributed by atoms with E-state index in [9.17, 15) is 0 Å². The molecule has 0 saturated carbocycles. The molecule has 0 aliphatic rings. The first-order chi connectivity index (χ1) is 6.19. The molecule has 0 spiro atoms. The second kappa shape index (κ2) is 4.45. The summed E-state index contributed by atoms with van der Waals surface area (Å²) >= 11 is 0. The second-order valence-corrected chi connectivity index (χ2v) is 3.90. The average molecular weight is 180 g/mol. The van der Waals surface area contributed by atoms with Crippen LogP contribution >= 0.6 is 0 Å². The lowest BCUT2D eigenvalue weighted by molar-refractivity contribution is 0.469. The monoisotopic (exact) mass is 180 g/mol. The number of hydrogen-bond acceptors (Lipinski definition) is 1. The number of aryl methyl sites for hydroxylation is 1. The van der Waals surface area contributed by atoms with E-state index in [0.29, 0.717) is 5.92 Å². The minimum atomic E-state index is 0.676. The van der Waals surface area contributed by atoms with Gasteiger partial charge in [-0.15, -0.1) is 0 Å². The molecule has 1 aromatic rings. The van der Waals surface area contributed by atoms with Gasteiger partial charge in [-0.3, -0.25) is 4.68 Å². The molecule has 1 rings (SSSR count). The van der Waals surface area contributed by atoms with Crippen LogP contribution in [0.5, 0.6) is 0 Å². The summed E-state index contributed by atoms with van der Waals surface area (Å²) in [7, 11) is 0. The molecule has 2 heteroatoms. The van der Waals surface area contributed by atoms with Gasteiger partial charge in [-0.25, -0.2) is 0 Å². The summed E-state index contributed by atoms with van der Waals surface area (Å²) in [4.78, 5) is 0. The van der Waals surface area contributed by atoms with Crippen molar-refractivity contribution in [2.75, 3.05) is 0 Å². The Kier molecular flexibility index (Phi) is 3.52. The van der Waals surface area contributed by atoms with Crippen LogP contribution in [0.15, 0.2) is 6.20 Å². The standard InChI is InChI=1S/C11H20N2/c1-5-10-7-12-13(8-9(3)4)11(10)6-2/h7,9H,5-6,8H2,1-4H3.